The van der Waals surface area contributed by atoms with Gasteiger partial charge in [0.1, 0.15) is 29.5 Å². The number of sulfonamides is 1. The van der Waals surface area contributed by atoms with Gasteiger partial charge in [-0.2, -0.15) is 0 Å². The molecule has 0 atom stereocenters. The zero-order valence-corrected chi connectivity index (χ0v) is 27.8. The van der Waals surface area contributed by atoms with Crippen molar-refractivity contribution in [2.24, 2.45) is 0 Å². The fourth-order valence-corrected chi connectivity index (χ4v) is 6.96. The van der Waals surface area contributed by atoms with Crippen LogP contribution in [0.2, 0.25) is 30.7 Å². The monoisotopic (exact) mass is 658 g/mol. The molecule has 0 saturated carbocycles. The normalized spacial score (nSPS) is 12.3. The number of hydrogen-bond donors (Lipinski definition) is 1. The van der Waals surface area contributed by atoms with Gasteiger partial charge < -0.3 is 13.7 Å². The van der Waals surface area contributed by atoms with Crippen molar-refractivity contribution in [1.29, 1.82) is 0 Å². The molecule has 4 heterocycles. The fraction of sp³-hybridized carbons (Fsp3) is 0.300. The van der Waals surface area contributed by atoms with Gasteiger partial charge in [0.25, 0.3) is 10.0 Å². The third-order valence-electron chi connectivity index (χ3n) is 7.34. The summed E-state index contributed by atoms with van der Waals surface area (Å²) >= 11 is 5.94. The largest absolute Gasteiger partial charge is 0.361 e. The minimum absolute atomic E-state index is 0.103. The summed E-state index contributed by atoms with van der Waals surface area (Å²) in [5.41, 5.74) is 2.61. The van der Waals surface area contributed by atoms with Crippen molar-refractivity contribution >= 4 is 40.9 Å². The number of halogens is 3. The number of aromatic nitrogens is 5. The van der Waals surface area contributed by atoms with Crippen LogP contribution in [0.3, 0.4) is 0 Å². The second-order valence-corrected chi connectivity index (χ2v) is 19.5. The molecule has 0 spiro atoms. The Balaban J connectivity index is 1.48. The highest BCUT2D eigenvalue weighted by molar-refractivity contribution is 7.92. The van der Waals surface area contributed by atoms with E-state index in [4.69, 9.17) is 21.3 Å². The Bertz CT molecular complexity index is 1990. The standard InChI is InChI=1S/C30H33ClF2N6O3SSi/c1-18-20(3)39(17-42-11-12-44(4,5)6)30(36-18)29-25-10-7-21(15-38(25)16-35-29)27-23(32)8-9-24(28(27)33)37-43(40,41)26-13-22(31)14-34-19(26)2/h7-10,13-16,37H,11-12,17H2,1-6H3. The molecule has 4 aromatic heterocycles. The SMILES string of the molecule is Cc1ncc(Cl)cc1S(=O)(=O)Nc1ccc(F)c(-c2ccc3c(-c4nc(C)c(C)n4COCC[Si](C)(C)C)ncn3c2)c1F. The summed E-state index contributed by atoms with van der Waals surface area (Å²) in [6, 6.07) is 7.55. The van der Waals surface area contributed by atoms with Crippen molar-refractivity contribution in [3.05, 3.63) is 82.8 Å². The maximum atomic E-state index is 15.8. The fourth-order valence-electron chi connectivity index (χ4n) is 4.70. The van der Waals surface area contributed by atoms with Gasteiger partial charge >= 0.3 is 0 Å². The van der Waals surface area contributed by atoms with Gasteiger partial charge in [0.05, 0.1) is 33.2 Å². The quantitative estimate of drug-likeness (QED) is 0.125. The minimum Gasteiger partial charge on any atom is -0.361 e. The van der Waals surface area contributed by atoms with Crippen LogP contribution in [0, 0.1) is 32.4 Å². The number of hydrogen-bond acceptors (Lipinski definition) is 6. The van der Waals surface area contributed by atoms with E-state index in [9.17, 15) is 8.42 Å². The molecule has 0 aliphatic heterocycles. The lowest BCUT2D eigenvalue weighted by atomic mass is 10.0. The summed E-state index contributed by atoms with van der Waals surface area (Å²) in [7, 11) is -5.52. The smallest absolute Gasteiger partial charge is 0.263 e. The Morgan fingerprint density at radius 2 is 1.80 bits per heavy atom. The summed E-state index contributed by atoms with van der Waals surface area (Å²) in [6.45, 7) is 13.3. The van der Waals surface area contributed by atoms with E-state index in [2.05, 4.69) is 34.3 Å². The first-order valence-corrected chi connectivity index (χ1v) is 19.4. The summed E-state index contributed by atoms with van der Waals surface area (Å²) in [5.74, 6) is -1.30. The third kappa shape index (κ3) is 6.41. The molecule has 0 unspecified atom stereocenters. The van der Waals surface area contributed by atoms with Crippen LogP contribution in [-0.4, -0.2) is 47.0 Å². The van der Waals surface area contributed by atoms with Crippen LogP contribution in [0.15, 0.2) is 53.9 Å². The van der Waals surface area contributed by atoms with E-state index in [-0.39, 0.29) is 21.2 Å². The highest BCUT2D eigenvalue weighted by Crippen LogP contribution is 2.34. The number of imidazole rings is 2. The number of rotatable bonds is 10. The second-order valence-electron chi connectivity index (χ2n) is 11.8. The van der Waals surface area contributed by atoms with Gasteiger partial charge in [-0.1, -0.05) is 37.3 Å². The van der Waals surface area contributed by atoms with Gasteiger partial charge in [-0.05, 0) is 51.1 Å². The number of benzene rings is 1. The van der Waals surface area contributed by atoms with E-state index in [1.807, 2.05) is 18.4 Å². The highest BCUT2D eigenvalue weighted by atomic mass is 35.5. The van der Waals surface area contributed by atoms with Gasteiger partial charge in [0, 0.05) is 38.3 Å². The van der Waals surface area contributed by atoms with Crippen molar-refractivity contribution in [3.63, 3.8) is 0 Å². The summed E-state index contributed by atoms with van der Waals surface area (Å²) in [6.07, 6.45) is 4.39. The number of nitrogens with zero attached hydrogens (tertiary/aromatic N) is 5. The zero-order chi connectivity index (χ0) is 32.0. The lowest BCUT2D eigenvalue weighted by Crippen LogP contribution is -2.22. The Kier molecular flexibility index (Phi) is 8.68. The van der Waals surface area contributed by atoms with Gasteiger partial charge in [0.2, 0.25) is 0 Å². The molecule has 0 amide bonds. The molecular formula is C30H33ClF2N6O3SSi. The molecular weight excluding hydrogens is 626 g/mol. The van der Waals surface area contributed by atoms with Crippen LogP contribution < -0.4 is 4.72 Å². The van der Waals surface area contributed by atoms with Crippen molar-refractivity contribution in [3.8, 4) is 22.6 Å². The second kappa shape index (κ2) is 12.0. The molecule has 1 N–H and O–H groups in total. The molecule has 232 valence electrons. The molecule has 5 rings (SSSR count). The molecule has 0 saturated heterocycles. The van der Waals surface area contributed by atoms with Gasteiger partial charge in [-0.25, -0.2) is 27.2 Å². The lowest BCUT2D eigenvalue weighted by molar-refractivity contribution is 0.0869. The van der Waals surface area contributed by atoms with Crippen LogP contribution in [0.4, 0.5) is 14.5 Å². The molecule has 0 radical (unpaired) electrons. The Labute approximate surface area is 261 Å². The molecule has 14 heteroatoms. The van der Waals surface area contributed by atoms with Crippen LogP contribution in [0.25, 0.3) is 28.2 Å². The maximum Gasteiger partial charge on any atom is 0.263 e. The third-order valence-corrected chi connectivity index (χ3v) is 10.7. The number of nitrogens with one attached hydrogen (secondary N) is 1. The van der Waals surface area contributed by atoms with Crippen LogP contribution in [0.1, 0.15) is 17.1 Å². The first kappa shape index (κ1) is 31.8. The minimum atomic E-state index is -4.28. The topological polar surface area (TPSA) is 103 Å². The number of fused-ring (bicyclic) bond motifs is 1. The predicted octanol–water partition coefficient (Wildman–Crippen LogP) is 7.23. The van der Waals surface area contributed by atoms with Gasteiger partial charge in [0.15, 0.2) is 11.6 Å². The van der Waals surface area contributed by atoms with Crippen molar-refractivity contribution in [2.75, 3.05) is 11.3 Å². The van der Waals surface area contributed by atoms with Crippen molar-refractivity contribution < 1.29 is 21.9 Å². The number of pyridine rings is 2. The molecule has 5 aromatic rings. The molecule has 0 fully saturated rings. The van der Waals surface area contributed by atoms with Crippen LogP contribution >= 0.6 is 11.6 Å². The van der Waals surface area contributed by atoms with Crippen molar-refractivity contribution in [1.82, 2.24) is 23.9 Å². The average Bonchev–Trinajstić information content (AvgIpc) is 3.49. The molecule has 0 aliphatic rings. The summed E-state index contributed by atoms with van der Waals surface area (Å²) in [5, 5.41) is 0.103. The van der Waals surface area contributed by atoms with Crippen LogP contribution in [0.5, 0.6) is 0 Å². The van der Waals surface area contributed by atoms with Crippen molar-refractivity contribution in [2.45, 2.75) is 58.1 Å². The molecule has 44 heavy (non-hydrogen) atoms. The molecule has 0 aliphatic carbocycles. The van der Waals surface area contributed by atoms with Gasteiger partial charge in [-0.15, -0.1) is 0 Å². The van der Waals surface area contributed by atoms with Gasteiger partial charge in [-0.3, -0.25) is 9.71 Å². The molecule has 9 nitrogen and oxygen atoms in total. The van der Waals surface area contributed by atoms with E-state index in [1.54, 1.807) is 22.9 Å². The first-order valence-electron chi connectivity index (χ1n) is 13.9. The first-order chi connectivity index (χ1) is 20.7. The summed E-state index contributed by atoms with van der Waals surface area (Å²) < 4.78 is 68.8. The Morgan fingerprint density at radius 1 is 1.05 bits per heavy atom. The number of ether oxygens (including phenoxy) is 1. The lowest BCUT2D eigenvalue weighted by Gasteiger charge is -2.16. The Hall–Kier alpha value is -3.65. The average molecular weight is 659 g/mol. The number of aryl methyl sites for hydroxylation is 2. The van der Waals surface area contributed by atoms with E-state index in [1.165, 1.54) is 25.4 Å². The maximum absolute atomic E-state index is 15.8. The van der Waals surface area contributed by atoms with E-state index in [0.29, 0.717) is 30.4 Å². The van der Waals surface area contributed by atoms with E-state index < -0.39 is 41.0 Å². The van der Waals surface area contributed by atoms with E-state index >= 15 is 8.78 Å². The predicted molar refractivity (Wildman–Crippen MR) is 170 cm³/mol. The molecule has 0 bridgehead atoms. The summed E-state index contributed by atoms with van der Waals surface area (Å²) in [4.78, 5) is 13.1. The zero-order valence-electron chi connectivity index (χ0n) is 25.2. The number of anilines is 1. The highest BCUT2D eigenvalue weighted by Gasteiger charge is 2.24. The molecule has 1 aromatic carbocycles. The Morgan fingerprint density at radius 3 is 2.52 bits per heavy atom. The van der Waals surface area contributed by atoms with Crippen LogP contribution in [-0.2, 0) is 21.5 Å². The van der Waals surface area contributed by atoms with E-state index in [0.717, 1.165) is 29.6 Å².